The van der Waals surface area contributed by atoms with Crippen LogP contribution in [0.1, 0.15) is 46.7 Å². The Morgan fingerprint density at radius 1 is 0.962 bits per heavy atom. The maximum atomic E-state index is 12.5. The van der Waals surface area contributed by atoms with E-state index in [1.807, 2.05) is 4.90 Å². The molecule has 1 spiro atoms. The number of aromatic nitrogens is 4. The second-order valence-electron chi connectivity index (χ2n) is 6.90. The normalized spacial score (nSPS) is 21.1. The lowest BCUT2D eigenvalue weighted by Crippen LogP contribution is -2.59. The Morgan fingerprint density at radius 3 is 2.15 bits per heavy atom. The van der Waals surface area contributed by atoms with Gasteiger partial charge in [0.1, 0.15) is 11.4 Å². The zero-order valence-electron chi connectivity index (χ0n) is 14.3. The number of amides is 2. The molecular formula is C18H20N6O2. The van der Waals surface area contributed by atoms with Crippen LogP contribution in [-0.2, 0) is 0 Å². The molecular weight excluding hydrogens is 332 g/mol. The minimum absolute atomic E-state index is 0.0765. The summed E-state index contributed by atoms with van der Waals surface area (Å²) in [6.07, 6.45) is 12.9. The molecule has 1 aliphatic heterocycles. The van der Waals surface area contributed by atoms with E-state index in [9.17, 15) is 9.59 Å². The fourth-order valence-electron chi connectivity index (χ4n) is 3.90. The van der Waals surface area contributed by atoms with Gasteiger partial charge in [0.25, 0.3) is 11.8 Å². The highest BCUT2D eigenvalue weighted by Crippen LogP contribution is 2.49. The van der Waals surface area contributed by atoms with Gasteiger partial charge in [-0.05, 0) is 31.1 Å². The number of nitrogens with zero attached hydrogens (tertiary/aromatic N) is 5. The first kappa shape index (κ1) is 16.6. The third-order valence-corrected chi connectivity index (χ3v) is 5.60. The van der Waals surface area contributed by atoms with Crippen molar-refractivity contribution in [2.75, 3.05) is 13.1 Å². The lowest BCUT2D eigenvalue weighted by Gasteiger charge is -2.53. The van der Waals surface area contributed by atoms with E-state index in [0.29, 0.717) is 24.5 Å². The first-order chi connectivity index (χ1) is 12.7. The van der Waals surface area contributed by atoms with Crippen molar-refractivity contribution < 1.29 is 9.59 Å². The number of piperidine rings is 1. The molecule has 0 aromatic carbocycles. The van der Waals surface area contributed by atoms with Crippen molar-refractivity contribution in [3.8, 4) is 0 Å². The van der Waals surface area contributed by atoms with Crippen LogP contribution in [-0.4, -0.2) is 55.8 Å². The van der Waals surface area contributed by atoms with Crippen LogP contribution < -0.4 is 5.32 Å². The second-order valence-corrected chi connectivity index (χ2v) is 6.90. The van der Waals surface area contributed by atoms with Gasteiger partial charge in [-0.3, -0.25) is 19.6 Å². The van der Waals surface area contributed by atoms with Gasteiger partial charge in [-0.15, -0.1) is 0 Å². The average Bonchev–Trinajstić information content (AvgIpc) is 2.72. The lowest BCUT2D eigenvalue weighted by molar-refractivity contribution is -0.00258. The quantitative estimate of drug-likeness (QED) is 0.887. The molecule has 1 aliphatic carbocycles. The van der Waals surface area contributed by atoms with Crippen LogP contribution in [0.3, 0.4) is 0 Å². The summed E-state index contributed by atoms with van der Waals surface area (Å²) in [7, 11) is 0. The molecule has 26 heavy (non-hydrogen) atoms. The second kappa shape index (κ2) is 6.78. The molecule has 8 nitrogen and oxygen atoms in total. The van der Waals surface area contributed by atoms with Crippen LogP contribution in [0, 0.1) is 5.41 Å². The fraction of sp³-hybridized carbons (Fsp3) is 0.444. The first-order valence-corrected chi connectivity index (χ1v) is 8.80. The number of hydrogen-bond donors (Lipinski definition) is 1. The van der Waals surface area contributed by atoms with Crippen molar-refractivity contribution in [3.05, 3.63) is 48.6 Å². The molecule has 2 aromatic rings. The maximum absolute atomic E-state index is 12.5. The molecule has 2 aliphatic rings. The minimum atomic E-state index is -0.180. The van der Waals surface area contributed by atoms with E-state index in [2.05, 4.69) is 25.3 Å². The van der Waals surface area contributed by atoms with Crippen molar-refractivity contribution in [2.24, 2.45) is 5.41 Å². The molecule has 2 aromatic heterocycles. The topological polar surface area (TPSA) is 101 Å². The van der Waals surface area contributed by atoms with Crippen LogP contribution in [0.2, 0.25) is 0 Å². The highest BCUT2D eigenvalue weighted by molar-refractivity contribution is 5.92. The van der Waals surface area contributed by atoms with Gasteiger partial charge in [0.05, 0.1) is 12.4 Å². The summed E-state index contributed by atoms with van der Waals surface area (Å²) in [5.41, 5.74) is 0.797. The highest BCUT2D eigenvalue weighted by atomic mass is 16.2. The molecule has 1 saturated heterocycles. The zero-order chi connectivity index (χ0) is 18.0. The number of rotatable bonds is 3. The molecule has 2 fully saturated rings. The van der Waals surface area contributed by atoms with Gasteiger partial charge in [-0.25, -0.2) is 9.97 Å². The van der Waals surface area contributed by atoms with Crippen LogP contribution in [0.5, 0.6) is 0 Å². The Bertz CT molecular complexity index is 790. The van der Waals surface area contributed by atoms with E-state index in [-0.39, 0.29) is 23.3 Å². The predicted octanol–water partition coefficient (Wildman–Crippen LogP) is 1.08. The third kappa shape index (κ3) is 3.02. The summed E-state index contributed by atoms with van der Waals surface area (Å²) in [4.78, 5) is 42.7. The monoisotopic (exact) mass is 352 g/mol. The molecule has 1 N–H and O–H groups in total. The molecule has 3 heterocycles. The summed E-state index contributed by atoms with van der Waals surface area (Å²) in [6, 6.07) is 0.130. The average molecular weight is 352 g/mol. The van der Waals surface area contributed by atoms with Gasteiger partial charge in [-0.2, -0.15) is 0 Å². The molecule has 4 rings (SSSR count). The van der Waals surface area contributed by atoms with Gasteiger partial charge in [0.15, 0.2) is 0 Å². The van der Waals surface area contributed by atoms with E-state index >= 15 is 0 Å². The molecule has 0 bridgehead atoms. The Kier molecular flexibility index (Phi) is 4.32. The van der Waals surface area contributed by atoms with Gasteiger partial charge < -0.3 is 10.2 Å². The van der Waals surface area contributed by atoms with Gasteiger partial charge in [0.2, 0.25) is 0 Å². The van der Waals surface area contributed by atoms with Crippen LogP contribution in [0.25, 0.3) is 0 Å². The van der Waals surface area contributed by atoms with Crippen molar-refractivity contribution in [1.29, 1.82) is 0 Å². The van der Waals surface area contributed by atoms with Crippen molar-refractivity contribution in [3.63, 3.8) is 0 Å². The molecule has 2 amide bonds. The summed E-state index contributed by atoms with van der Waals surface area (Å²) in [5, 5.41) is 3.10. The van der Waals surface area contributed by atoms with Crippen molar-refractivity contribution in [1.82, 2.24) is 30.2 Å². The smallest absolute Gasteiger partial charge is 0.274 e. The molecule has 0 radical (unpaired) electrons. The van der Waals surface area contributed by atoms with Crippen LogP contribution >= 0.6 is 0 Å². The lowest BCUT2D eigenvalue weighted by atomic mass is 9.59. The number of nitrogens with one attached hydrogen (secondary N) is 1. The highest BCUT2D eigenvalue weighted by Gasteiger charge is 2.49. The Balaban J connectivity index is 1.36. The molecule has 1 saturated carbocycles. The summed E-state index contributed by atoms with van der Waals surface area (Å²) >= 11 is 0. The predicted molar refractivity (Wildman–Crippen MR) is 92.1 cm³/mol. The Morgan fingerprint density at radius 2 is 1.62 bits per heavy atom. The maximum Gasteiger partial charge on any atom is 0.274 e. The third-order valence-electron chi connectivity index (χ3n) is 5.60. The van der Waals surface area contributed by atoms with Crippen molar-refractivity contribution >= 4 is 11.8 Å². The van der Waals surface area contributed by atoms with Gasteiger partial charge in [-0.1, -0.05) is 0 Å². The van der Waals surface area contributed by atoms with E-state index < -0.39 is 0 Å². The van der Waals surface area contributed by atoms with E-state index in [4.69, 9.17) is 0 Å². The minimum Gasteiger partial charge on any atom is -0.347 e. The number of carbonyl (C=O) groups excluding carboxylic acids is 2. The van der Waals surface area contributed by atoms with Gasteiger partial charge in [0, 0.05) is 43.9 Å². The SMILES string of the molecule is O=C(N[C@H]1CCC12CCN(C(=O)c1cnccn1)CC2)c1cnccn1. The Hall–Kier alpha value is -2.90. The summed E-state index contributed by atoms with van der Waals surface area (Å²) in [5.74, 6) is -0.257. The first-order valence-electron chi connectivity index (χ1n) is 8.80. The fourth-order valence-corrected chi connectivity index (χ4v) is 3.90. The number of hydrogen-bond acceptors (Lipinski definition) is 6. The zero-order valence-corrected chi connectivity index (χ0v) is 14.3. The van der Waals surface area contributed by atoms with Crippen LogP contribution in [0.15, 0.2) is 37.2 Å². The van der Waals surface area contributed by atoms with Crippen molar-refractivity contribution in [2.45, 2.75) is 31.7 Å². The van der Waals surface area contributed by atoms with E-state index in [1.165, 1.54) is 24.8 Å². The number of carbonyl (C=O) groups is 2. The molecule has 0 unspecified atom stereocenters. The standard InChI is InChI=1S/C18H20N6O2/c25-16(13-11-19-5-7-21-13)23-15-1-2-18(15)3-9-24(10-4-18)17(26)14-12-20-6-8-22-14/h5-8,11-12,15H,1-4,9-10H2,(H,23,25)/t15-/m0/s1. The van der Waals surface area contributed by atoms with E-state index in [0.717, 1.165) is 25.7 Å². The largest absolute Gasteiger partial charge is 0.347 e. The van der Waals surface area contributed by atoms with Gasteiger partial charge >= 0.3 is 0 Å². The molecule has 134 valence electrons. The summed E-state index contributed by atoms with van der Waals surface area (Å²) in [6.45, 7) is 1.35. The summed E-state index contributed by atoms with van der Waals surface area (Å²) < 4.78 is 0. The van der Waals surface area contributed by atoms with Crippen LogP contribution in [0.4, 0.5) is 0 Å². The Labute approximate surface area is 151 Å². The number of likely N-dealkylation sites (tertiary alicyclic amines) is 1. The molecule has 1 atom stereocenters. The van der Waals surface area contributed by atoms with E-state index in [1.54, 1.807) is 12.4 Å². The molecule has 8 heteroatoms.